The largest absolute Gasteiger partial charge is 0.356 e. The van der Waals surface area contributed by atoms with E-state index in [9.17, 15) is 0 Å². The fraction of sp³-hybridized carbons (Fsp3) is 0.355. The van der Waals surface area contributed by atoms with Crippen molar-refractivity contribution in [3.63, 3.8) is 0 Å². The summed E-state index contributed by atoms with van der Waals surface area (Å²) in [5, 5.41) is 3.90. The van der Waals surface area contributed by atoms with Crippen molar-refractivity contribution >= 4 is 5.69 Å². The van der Waals surface area contributed by atoms with Crippen LogP contribution in [0, 0.1) is 0 Å². The van der Waals surface area contributed by atoms with E-state index < -0.39 is 0 Å². The number of nitrogens with zero attached hydrogens (tertiary/aromatic N) is 2. The summed E-state index contributed by atoms with van der Waals surface area (Å²) in [5.41, 5.74) is 6.87. The summed E-state index contributed by atoms with van der Waals surface area (Å²) in [7, 11) is 0. The lowest BCUT2D eigenvalue weighted by molar-refractivity contribution is 0.326. The number of benzene rings is 3. The van der Waals surface area contributed by atoms with E-state index in [1.807, 2.05) is 0 Å². The molecule has 1 N–H and O–H groups in total. The van der Waals surface area contributed by atoms with Crippen LogP contribution >= 0.6 is 0 Å². The highest BCUT2D eigenvalue weighted by Gasteiger charge is 2.25. The van der Waals surface area contributed by atoms with Crippen molar-refractivity contribution in [3.8, 4) is 0 Å². The normalized spacial score (nSPS) is 15.4. The molecule has 0 bridgehead atoms. The summed E-state index contributed by atoms with van der Waals surface area (Å²) in [4.78, 5) is 4.87. The third kappa shape index (κ3) is 5.53. The summed E-state index contributed by atoms with van der Waals surface area (Å²) >= 11 is 0. The molecule has 0 amide bonds. The first-order valence-electron chi connectivity index (χ1n) is 12.6. The minimum atomic E-state index is 0.228. The van der Waals surface area contributed by atoms with Crippen molar-refractivity contribution in [2.75, 3.05) is 18.1 Å². The molecule has 0 aliphatic carbocycles. The number of nitrogens with one attached hydrogen (secondary N) is 1. The van der Waals surface area contributed by atoms with E-state index in [4.69, 9.17) is 0 Å². The lowest BCUT2D eigenvalue weighted by Gasteiger charge is -2.31. The summed E-state index contributed by atoms with van der Waals surface area (Å²) < 4.78 is 0. The zero-order valence-electron chi connectivity index (χ0n) is 21.3. The van der Waals surface area contributed by atoms with Gasteiger partial charge >= 0.3 is 0 Å². The zero-order chi connectivity index (χ0) is 24.1. The average Bonchev–Trinajstić information content (AvgIpc) is 3.32. The highest BCUT2D eigenvalue weighted by molar-refractivity contribution is 5.64. The lowest BCUT2D eigenvalue weighted by Crippen LogP contribution is -2.36. The molecule has 0 fully saturated rings. The molecule has 2 atom stereocenters. The Balaban J connectivity index is 1.54. The van der Waals surface area contributed by atoms with E-state index in [1.54, 1.807) is 0 Å². The molecule has 34 heavy (non-hydrogen) atoms. The molecule has 0 spiro atoms. The first kappa shape index (κ1) is 24.1. The van der Waals surface area contributed by atoms with Crippen molar-refractivity contribution in [3.05, 3.63) is 114 Å². The van der Waals surface area contributed by atoms with E-state index in [2.05, 4.69) is 141 Å². The molecule has 3 heteroatoms. The third-order valence-electron chi connectivity index (χ3n) is 6.79. The molecule has 1 aliphatic heterocycles. The van der Waals surface area contributed by atoms with Gasteiger partial charge in [-0.1, -0.05) is 107 Å². The standard InChI is InChI=1S/C31H39N3/c1-23(2)28-17-12-18-29(24(3)4)31(28)34-20-19-33(22-34)21-30(27-15-10-7-11-16-27)32-25(5)26-13-8-6-9-14-26/h6-20,23-25,30,32H,21-22H2,1-5H3/t25-,30+/m0/s1. The summed E-state index contributed by atoms with van der Waals surface area (Å²) in [5.74, 6) is 0.975. The van der Waals surface area contributed by atoms with Gasteiger partial charge in [-0.15, -0.1) is 0 Å². The monoisotopic (exact) mass is 453 g/mol. The van der Waals surface area contributed by atoms with Gasteiger partial charge in [-0.2, -0.15) is 0 Å². The van der Waals surface area contributed by atoms with Gasteiger partial charge in [0, 0.05) is 30.7 Å². The van der Waals surface area contributed by atoms with Crippen LogP contribution in [0.15, 0.2) is 91.3 Å². The van der Waals surface area contributed by atoms with Crippen molar-refractivity contribution in [2.45, 2.75) is 58.5 Å². The zero-order valence-corrected chi connectivity index (χ0v) is 21.3. The van der Waals surface area contributed by atoms with Crippen LogP contribution in [0.4, 0.5) is 5.69 Å². The molecular weight excluding hydrogens is 414 g/mol. The van der Waals surface area contributed by atoms with Crippen molar-refractivity contribution < 1.29 is 0 Å². The highest BCUT2D eigenvalue weighted by atomic mass is 15.3. The predicted octanol–water partition coefficient (Wildman–Crippen LogP) is 7.58. The van der Waals surface area contributed by atoms with E-state index in [0.29, 0.717) is 11.8 Å². The number of para-hydroxylation sites is 1. The molecule has 0 radical (unpaired) electrons. The van der Waals surface area contributed by atoms with Crippen LogP contribution in [0.25, 0.3) is 0 Å². The van der Waals surface area contributed by atoms with Gasteiger partial charge in [0.15, 0.2) is 0 Å². The maximum Gasteiger partial charge on any atom is 0.0942 e. The maximum atomic E-state index is 3.90. The Labute approximate surface area is 206 Å². The number of hydrogen-bond acceptors (Lipinski definition) is 3. The van der Waals surface area contributed by atoms with Crippen LogP contribution in [0.5, 0.6) is 0 Å². The van der Waals surface area contributed by atoms with Crippen LogP contribution in [0.3, 0.4) is 0 Å². The number of anilines is 1. The summed E-state index contributed by atoms with van der Waals surface area (Å²) in [6.07, 6.45) is 4.52. The van der Waals surface area contributed by atoms with Crippen LogP contribution in [0.1, 0.15) is 80.8 Å². The lowest BCUT2D eigenvalue weighted by atomic mass is 9.92. The molecular formula is C31H39N3. The SMILES string of the molecule is CC(C)c1cccc(C(C)C)c1N1C=CN(C[C@@H](N[C@@H](C)c2ccccc2)c2ccccc2)C1. The Bertz CT molecular complexity index is 1050. The molecule has 1 heterocycles. The number of rotatable bonds is 9. The van der Waals surface area contributed by atoms with Crippen LogP contribution in [-0.2, 0) is 0 Å². The fourth-order valence-corrected chi connectivity index (χ4v) is 4.89. The van der Waals surface area contributed by atoms with E-state index in [1.165, 1.54) is 27.9 Å². The summed E-state index contributed by atoms with van der Waals surface area (Å²) in [6, 6.07) is 28.8. The highest BCUT2D eigenvalue weighted by Crippen LogP contribution is 2.37. The van der Waals surface area contributed by atoms with Gasteiger partial charge in [0.25, 0.3) is 0 Å². The molecule has 0 unspecified atom stereocenters. The van der Waals surface area contributed by atoms with Gasteiger partial charge in [0.1, 0.15) is 0 Å². The Morgan fingerprint density at radius 2 is 1.24 bits per heavy atom. The second-order valence-corrected chi connectivity index (χ2v) is 10.0. The first-order valence-corrected chi connectivity index (χ1v) is 12.6. The van der Waals surface area contributed by atoms with E-state index in [0.717, 1.165) is 13.2 Å². The molecule has 3 aromatic carbocycles. The van der Waals surface area contributed by atoms with Crippen LogP contribution in [-0.4, -0.2) is 18.1 Å². The molecule has 0 saturated carbocycles. The van der Waals surface area contributed by atoms with Crippen molar-refractivity contribution in [2.24, 2.45) is 0 Å². The molecule has 3 aromatic rings. The van der Waals surface area contributed by atoms with E-state index in [-0.39, 0.29) is 12.1 Å². The Hall–Kier alpha value is -3.04. The molecule has 1 aliphatic rings. The van der Waals surface area contributed by atoms with Gasteiger partial charge in [-0.05, 0) is 41.0 Å². The fourth-order valence-electron chi connectivity index (χ4n) is 4.89. The van der Waals surface area contributed by atoms with Gasteiger partial charge in [-0.3, -0.25) is 0 Å². The van der Waals surface area contributed by atoms with Gasteiger partial charge in [0.05, 0.1) is 12.7 Å². The molecule has 3 nitrogen and oxygen atoms in total. The minimum Gasteiger partial charge on any atom is -0.356 e. The Morgan fingerprint density at radius 3 is 1.79 bits per heavy atom. The first-order chi connectivity index (χ1) is 16.4. The average molecular weight is 454 g/mol. The second kappa shape index (κ2) is 10.9. The molecule has 0 aromatic heterocycles. The Kier molecular flexibility index (Phi) is 7.74. The second-order valence-electron chi connectivity index (χ2n) is 10.0. The van der Waals surface area contributed by atoms with Gasteiger partial charge in [-0.25, -0.2) is 0 Å². The predicted molar refractivity (Wildman–Crippen MR) is 145 cm³/mol. The topological polar surface area (TPSA) is 18.5 Å². The molecule has 4 rings (SSSR count). The van der Waals surface area contributed by atoms with Crippen LogP contribution in [0.2, 0.25) is 0 Å². The Morgan fingerprint density at radius 1 is 0.676 bits per heavy atom. The van der Waals surface area contributed by atoms with Gasteiger partial charge in [0.2, 0.25) is 0 Å². The summed E-state index contributed by atoms with van der Waals surface area (Å²) in [6.45, 7) is 13.2. The van der Waals surface area contributed by atoms with Crippen molar-refractivity contribution in [1.82, 2.24) is 10.2 Å². The smallest absolute Gasteiger partial charge is 0.0942 e. The third-order valence-corrected chi connectivity index (χ3v) is 6.79. The minimum absolute atomic E-state index is 0.228. The maximum absolute atomic E-state index is 3.90. The van der Waals surface area contributed by atoms with E-state index >= 15 is 0 Å². The molecule has 178 valence electrons. The van der Waals surface area contributed by atoms with Crippen LogP contribution < -0.4 is 10.2 Å². The van der Waals surface area contributed by atoms with Gasteiger partial charge < -0.3 is 15.1 Å². The molecule has 0 saturated heterocycles. The van der Waals surface area contributed by atoms with Crippen molar-refractivity contribution in [1.29, 1.82) is 0 Å². The number of hydrogen-bond donors (Lipinski definition) is 1. The quantitative estimate of drug-likeness (QED) is 0.360.